The lowest BCUT2D eigenvalue weighted by Crippen LogP contribution is -2.38. The van der Waals surface area contributed by atoms with Crippen LogP contribution in [0.15, 0.2) is 30.6 Å². The zero-order valence-corrected chi connectivity index (χ0v) is 19.6. The number of hydrogen-bond acceptors (Lipinski definition) is 6. The fourth-order valence-corrected chi connectivity index (χ4v) is 4.24. The lowest BCUT2D eigenvalue weighted by Gasteiger charge is -2.22. The zero-order valence-electron chi connectivity index (χ0n) is 19.6. The zero-order chi connectivity index (χ0) is 23.5. The van der Waals surface area contributed by atoms with Crippen LogP contribution in [0, 0.1) is 27.7 Å². The Labute approximate surface area is 193 Å². The largest absolute Gasteiger partial charge is 0.341 e. The van der Waals surface area contributed by atoms with Crippen LogP contribution in [0.4, 0.5) is 0 Å². The first-order chi connectivity index (χ1) is 15.8. The minimum Gasteiger partial charge on any atom is -0.341 e. The topological polar surface area (TPSA) is 97.1 Å². The molecule has 0 saturated carbocycles. The van der Waals surface area contributed by atoms with E-state index in [9.17, 15) is 9.59 Å². The highest BCUT2D eigenvalue weighted by Gasteiger charge is 2.25. The van der Waals surface area contributed by atoms with Crippen molar-refractivity contribution in [1.29, 1.82) is 0 Å². The van der Waals surface area contributed by atoms with E-state index in [0.29, 0.717) is 37.7 Å². The lowest BCUT2D eigenvalue weighted by atomic mass is 10.1. The Bertz CT molecular complexity index is 1150. The average Bonchev–Trinajstić information content (AvgIpc) is 2.97. The highest BCUT2D eigenvalue weighted by atomic mass is 16.2. The number of carbonyl (C=O) groups excluding carboxylic acids is 2. The third-order valence-corrected chi connectivity index (χ3v) is 5.99. The van der Waals surface area contributed by atoms with Crippen molar-refractivity contribution in [3.63, 3.8) is 0 Å². The monoisotopic (exact) mass is 447 g/mol. The van der Waals surface area contributed by atoms with E-state index in [1.54, 1.807) is 29.2 Å². The molecule has 0 spiro atoms. The molecule has 0 bridgehead atoms. The van der Waals surface area contributed by atoms with Gasteiger partial charge in [-0.3, -0.25) is 14.6 Å². The number of hydrogen-bond donors (Lipinski definition) is 0. The SMILES string of the molecule is Cc1cc(C)nc(-n2nc(C)c(CC(=O)N3CCCN(C(=O)c4ccncc4)CC3)c2C)n1. The molecular formula is C24H29N7O2. The van der Waals surface area contributed by atoms with Gasteiger partial charge in [0.05, 0.1) is 12.1 Å². The van der Waals surface area contributed by atoms with E-state index < -0.39 is 0 Å². The molecule has 1 aliphatic rings. The number of carbonyl (C=O) groups is 2. The van der Waals surface area contributed by atoms with Crippen LogP contribution in [0.3, 0.4) is 0 Å². The molecule has 1 aliphatic heterocycles. The quantitative estimate of drug-likeness (QED) is 0.608. The van der Waals surface area contributed by atoms with Crippen LogP contribution in [0.5, 0.6) is 0 Å². The van der Waals surface area contributed by atoms with Gasteiger partial charge in [-0.15, -0.1) is 0 Å². The van der Waals surface area contributed by atoms with Crippen molar-refractivity contribution >= 4 is 11.8 Å². The second-order valence-corrected chi connectivity index (χ2v) is 8.45. The molecule has 3 aromatic heterocycles. The molecule has 0 radical (unpaired) electrons. The van der Waals surface area contributed by atoms with Crippen LogP contribution in [-0.2, 0) is 11.2 Å². The van der Waals surface area contributed by atoms with Gasteiger partial charge in [-0.1, -0.05) is 0 Å². The van der Waals surface area contributed by atoms with E-state index in [4.69, 9.17) is 0 Å². The molecule has 2 amide bonds. The van der Waals surface area contributed by atoms with E-state index in [0.717, 1.165) is 34.8 Å². The molecule has 4 rings (SSSR count). The molecule has 0 aliphatic carbocycles. The molecule has 3 aromatic rings. The van der Waals surface area contributed by atoms with Gasteiger partial charge in [0, 0.05) is 66.8 Å². The standard InChI is InChI=1S/C24H29N7O2/c1-16-14-17(2)27-24(26-16)31-19(4)21(18(3)28-31)15-22(32)29-10-5-11-30(13-12-29)23(33)20-6-8-25-9-7-20/h6-9,14H,5,10-13,15H2,1-4H3. The van der Waals surface area contributed by atoms with Crippen LogP contribution in [0.1, 0.15) is 45.1 Å². The van der Waals surface area contributed by atoms with Crippen LogP contribution in [0.25, 0.3) is 5.95 Å². The smallest absolute Gasteiger partial charge is 0.254 e. The molecule has 9 heteroatoms. The summed E-state index contributed by atoms with van der Waals surface area (Å²) in [5.41, 5.74) is 4.94. The summed E-state index contributed by atoms with van der Waals surface area (Å²) in [5, 5.41) is 4.61. The maximum absolute atomic E-state index is 13.2. The maximum atomic E-state index is 13.2. The van der Waals surface area contributed by atoms with Gasteiger partial charge in [-0.2, -0.15) is 5.10 Å². The summed E-state index contributed by atoms with van der Waals surface area (Å²) in [5.74, 6) is 0.542. The molecule has 4 heterocycles. The van der Waals surface area contributed by atoms with Gasteiger partial charge >= 0.3 is 0 Å². The Balaban J connectivity index is 1.45. The molecule has 1 fully saturated rings. The number of amides is 2. The molecule has 0 N–H and O–H groups in total. The van der Waals surface area contributed by atoms with Crippen molar-refractivity contribution in [3.05, 3.63) is 64.5 Å². The highest BCUT2D eigenvalue weighted by Crippen LogP contribution is 2.19. The van der Waals surface area contributed by atoms with Crippen molar-refractivity contribution in [1.82, 2.24) is 34.5 Å². The normalized spacial score (nSPS) is 14.3. The summed E-state index contributed by atoms with van der Waals surface area (Å²) >= 11 is 0. The first-order valence-electron chi connectivity index (χ1n) is 11.2. The lowest BCUT2D eigenvalue weighted by molar-refractivity contribution is -0.130. The van der Waals surface area contributed by atoms with Crippen molar-refractivity contribution in [2.75, 3.05) is 26.2 Å². The predicted octanol–water partition coefficient (Wildman–Crippen LogP) is 2.21. The average molecular weight is 448 g/mol. The van der Waals surface area contributed by atoms with Crippen molar-refractivity contribution < 1.29 is 9.59 Å². The maximum Gasteiger partial charge on any atom is 0.254 e. The van der Waals surface area contributed by atoms with Gasteiger partial charge in [0.1, 0.15) is 0 Å². The minimum atomic E-state index is -0.0203. The minimum absolute atomic E-state index is 0.0203. The molecule has 0 atom stereocenters. The van der Waals surface area contributed by atoms with E-state index in [1.807, 2.05) is 43.6 Å². The van der Waals surface area contributed by atoms with Crippen molar-refractivity contribution in [2.24, 2.45) is 0 Å². The number of nitrogens with zero attached hydrogens (tertiary/aromatic N) is 7. The van der Waals surface area contributed by atoms with Crippen LogP contribution in [0.2, 0.25) is 0 Å². The summed E-state index contributed by atoms with van der Waals surface area (Å²) in [7, 11) is 0. The van der Waals surface area contributed by atoms with Gasteiger partial charge in [0.25, 0.3) is 11.9 Å². The van der Waals surface area contributed by atoms with Gasteiger partial charge in [-0.05, 0) is 52.3 Å². The van der Waals surface area contributed by atoms with E-state index in [1.165, 1.54) is 0 Å². The third kappa shape index (κ3) is 4.92. The fraction of sp³-hybridized carbons (Fsp3) is 0.417. The van der Waals surface area contributed by atoms with Gasteiger partial charge < -0.3 is 9.80 Å². The first-order valence-corrected chi connectivity index (χ1v) is 11.2. The Morgan fingerprint density at radius 1 is 0.909 bits per heavy atom. The summed E-state index contributed by atoms with van der Waals surface area (Å²) in [4.78, 5) is 42.6. The molecular weight excluding hydrogens is 418 g/mol. The molecule has 9 nitrogen and oxygen atoms in total. The van der Waals surface area contributed by atoms with E-state index in [-0.39, 0.29) is 18.2 Å². The van der Waals surface area contributed by atoms with Crippen molar-refractivity contribution in [3.8, 4) is 5.95 Å². The fourth-order valence-electron chi connectivity index (χ4n) is 4.24. The Morgan fingerprint density at radius 2 is 1.55 bits per heavy atom. The second kappa shape index (κ2) is 9.48. The Hall–Kier alpha value is -3.62. The third-order valence-electron chi connectivity index (χ3n) is 5.99. The van der Waals surface area contributed by atoms with E-state index in [2.05, 4.69) is 20.1 Å². The molecule has 0 unspecified atom stereocenters. The molecule has 33 heavy (non-hydrogen) atoms. The van der Waals surface area contributed by atoms with E-state index >= 15 is 0 Å². The number of aryl methyl sites for hydroxylation is 3. The molecule has 172 valence electrons. The van der Waals surface area contributed by atoms with Crippen LogP contribution < -0.4 is 0 Å². The van der Waals surface area contributed by atoms with Crippen LogP contribution >= 0.6 is 0 Å². The number of rotatable bonds is 4. The summed E-state index contributed by atoms with van der Waals surface area (Å²) < 4.78 is 1.72. The Kier molecular flexibility index (Phi) is 6.48. The first kappa shape index (κ1) is 22.6. The van der Waals surface area contributed by atoms with Gasteiger partial charge in [0.15, 0.2) is 0 Å². The van der Waals surface area contributed by atoms with Crippen LogP contribution in [-0.4, -0.2) is 72.5 Å². The summed E-state index contributed by atoms with van der Waals surface area (Å²) in [6.07, 6.45) is 4.25. The predicted molar refractivity (Wildman–Crippen MR) is 123 cm³/mol. The summed E-state index contributed by atoms with van der Waals surface area (Å²) in [6, 6.07) is 5.36. The van der Waals surface area contributed by atoms with Gasteiger partial charge in [0.2, 0.25) is 5.91 Å². The van der Waals surface area contributed by atoms with Crippen molar-refractivity contribution in [2.45, 2.75) is 40.5 Å². The number of aromatic nitrogens is 5. The van der Waals surface area contributed by atoms with Gasteiger partial charge in [-0.25, -0.2) is 14.6 Å². The second-order valence-electron chi connectivity index (χ2n) is 8.45. The molecule has 0 aromatic carbocycles. The Morgan fingerprint density at radius 3 is 2.24 bits per heavy atom. The molecule has 1 saturated heterocycles. The highest BCUT2D eigenvalue weighted by molar-refractivity contribution is 5.94. The summed E-state index contributed by atoms with van der Waals surface area (Å²) in [6.45, 7) is 10.00. The number of pyridine rings is 1.